The molecule has 0 saturated carbocycles. The lowest BCUT2D eigenvalue weighted by molar-refractivity contribution is -0.116. The first-order chi connectivity index (χ1) is 9.28. The summed E-state index contributed by atoms with van der Waals surface area (Å²) < 4.78 is 5.36. The van der Waals surface area contributed by atoms with Gasteiger partial charge in [0.1, 0.15) is 5.75 Å². The third-order valence-corrected chi connectivity index (χ3v) is 4.01. The van der Waals surface area contributed by atoms with Crippen LogP contribution in [0.5, 0.6) is 5.75 Å². The number of ether oxygens (including phenoxy) is 1. The third-order valence-electron chi connectivity index (χ3n) is 2.88. The van der Waals surface area contributed by atoms with Crippen molar-refractivity contribution in [2.75, 3.05) is 30.0 Å². The van der Waals surface area contributed by atoms with Crippen molar-refractivity contribution >= 4 is 23.4 Å². The molecule has 0 aliphatic carbocycles. The minimum absolute atomic E-state index is 0.0594. The van der Waals surface area contributed by atoms with Crippen LogP contribution < -0.4 is 15.4 Å². The number of rotatable bonds is 5. The topological polar surface area (TPSA) is 50.4 Å². The van der Waals surface area contributed by atoms with Gasteiger partial charge in [-0.1, -0.05) is 0 Å². The summed E-state index contributed by atoms with van der Waals surface area (Å²) in [7, 11) is 0. The molecular weight excluding hydrogens is 260 g/mol. The summed E-state index contributed by atoms with van der Waals surface area (Å²) in [5.74, 6) is 3.03. The van der Waals surface area contributed by atoms with Crippen molar-refractivity contribution in [3.63, 3.8) is 0 Å². The highest BCUT2D eigenvalue weighted by Crippen LogP contribution is 2.16. The van der Waals surface area contributed by atoms with Gasteiger partial charge in [0.05, 0.1) is 6.61 Å². The van der Waals surface area contributed by atoms with Crippen LogP contribution in [0.2, 0.25) is 0 Å². The van der Waals surface area contributed by atoms with Gasteiger partial charge in [-0.05, 0) is 31.2 Å². The molecule has 2 rings (SSSR count). The van der Waals surface area contributed by atoms with E-state index in [0.717, 1.165) is 29.5 Å². The van der Waals surface area contributed by atoms with Crippen molar-refractivity contribution < 1.29 is 9.53 Å². The van der Waals surface area contributed by atoms with Crippen molar-refractivity contribution in [2.45, 2.75) is 19.4 Å². The Morgan fingerprint density at radius 3 is 2.89 bits per heavy atom. The van der Waals surface area contributed by atoms with Gasteiger partial charge < -0.3 is 15.4 Å². The van der Waals surface area contributed by atoms with Crippen molar-refractivity contribution in [3.8, 4) is 5.75 Å². The van der Waals surface area contributed by atoms with E-state index in [9.17, 15) is 4.79 Å². The monoisotopic (exact) mass is 280 g/mol. The quantitative estimate of drug-likeness (QED) is 0.867. The molecule has 2 N–H and O–H groups in total. The van der Waals surface area contributed by atoms with Gasteiger partial charge in [0.2, 0.25) is 5.91 Å². The summed E-state index contributed by atoms with van der Waals surface area (Å²) in [4.78, 5) is 11.9. The summed E-state index contributed by atoms with van der Waals surface area (Å²) >= 11 is 1.90. The number of carbonyl (C=O) groups is 1. The molecule has 1 unspecified atom stereocenters. The third kappa shape index (κ3) is 4.76. The highest BCUT2D eigenvalue weighted by molar-refractivity contribution is 7.99. The molecule has 1 saturated heterocycles. The number of benzene rings is 1. The highest BCUT2D eigenvalue weighted by Gasteiger charge is 2.16. The fourth-order valence-corrected chi connectivity index (χ4v) is 2.94. The Balaban J connectivity index is 1.80. The van der Waals surface area contributed by atoms with Gasteiger partial charge in [0.15, 0.2) is 0 Å². The SMILES string of the molecule is CCOc1ccc(NC(=O)CC2CSCCN2)cc1. The first-order valence-corrected chi connectivity index (χ1v) is 7.77. The second-order valence-corrected chi connectivity index (χ2v) is 5.59. The Kier molecular flexibility index (Phi) is 5.54. The Hall–Kier alpha value is -1.20. The number of thioether (sulfide) groups is 1. The average molecular weight is 280 g/mol. The second-order valence-electron chi connectivity index (χ2n) is 4.44. The molecule has 4 nitrogen and oxygen atoms in total. The molecule has 104 valence electrons. The van der Waals surface area contributed by atoms with Gasteiger partial charge >= 0.3 is 0 Å². The normalized spacial score (nSPS) is 18.9. The second kappa shape index (κ2) is 7.40. The highest BCUT2D eigenvalue weighted by atomic mass is 32.2. The lowest BCUT2D eigenvalue weighted by Crippen LogP contribution is -2.39. The number of carbonyl (C=O) groups excluding carboxylic acids is 1. The van der Waals surface area contributed by atoms with Crippen LogP contribution in [0.3, 0.4) is 0 Å². The maximum Gasteiger partial charge on any atom is 0.225 e. The van der Waals surface area contributed by atoms with E-state index in [1.165, 1.54) is 0 Å². The number of amides is 1. The molecule has 19 heavy (non-hydrogen) atoms. The predicted octanol–water partition coefficient (Wildman–Crippen LogP) is 2.12. The number of hydrogen-bond acceptors (Lipinski definition) is 4. The summed E-state index contributed by atoms with van der Waals surface area (Å²) in [6.07, 6.45) is 0.528. The van der Waals surface area contributed by atoms with E-state index in [-0.39, 0.29) is 5.91 Å². The molecule has 0 radical (unpaired) electrons. The summed E-state index contributed by atoms with van der Waals surface area (Å²) in [6.45, 7) is 3.59. The number of hydrogen-bond donors (Lipinski definition) is 2. The first-order valence-electron chi connectivity index (χ1n) is 6.62. The lowest BCUT2D eigenvalue weighted by atomic mass is 10.2. The van der Waals surface area contributed by atoms with Crippen molar-refractivity contribution in [1.29, 1.82) is 0 Å². The van der Waals surface area contributed by atoms with Crippen LogP contribution in [0.1, 0.15) is 13.3 Å². The van der Waals surface area contributed by atoms with E-state index in [4.69, 9.17) is 4.74 Å². The van der Waals surface area contributed by atoms with Gasteiger partial charge in [-0.3, -0.25) is 4.79 Å². The fourth-order valence-electron chi connectivity index (χ4n) is 1.99. The molecule has 1 heterocycles. The average Bonchev–Trinajstić information content (AvgIpc) is 2.42. The van der Waals surface area contributed by atoms with Crippen molar-refractivity contribution in [3.05, 3.63) is 24.3 Å². The van der Waals surface area contributed by atoms with Crippen LogP contribution >= 0.6 is 11.8 Å². The molecule has 0 aromatic heterocycles. The van der Waals surface area contributed by atoms with Crippen LogP contribution in [0.25, 0.3) is 0 Å². The van der Waals surface area contributed by atoms with E-state index in [1.54, 1.807) is 0 Å². The molecule has 1 amide bonds. The van der Waals surface area contributed by atoms with E-state index in [1.807, 2.05) is 43.0 Å². The Morgan fingerprint density at radius 2 is 2.26 bits per heavy atom. The largest absolute Gasteiger partial charge is 0.494 e. The van der Waals surface area contributed by atoms with E-state index in [2.05, 4.69) is 10.6 Å². The number of nitrogens with one attached hydrogen (secondary N) is 2. The Labute approximate surface area is 118 Å². The smallest absolute Gasteiger partial charge is 0.225 e. The van der Waals surface area contributed by atoms with E-state index >= 15 is 0 Å². The van der Waals surface area contributed by atoms with E-state index < -0.39 is 0 Å². The van der Waals surface area contributed by atoms with Crippen LogP contribution in [0.15, 0.2) is 24.3 Å². The standard InChI is InChI=1S/C14H20N2O2S/c1-2-18-13-5-3-11(4-6-13)16-14(17)9-12-10-19-8-7-15-12/h3-6,12,15H,2,7-10H2,1H3,(H,16,17). The predicted molar refractivity (Wildman–Crippen MR) is 80.0 cm³/mol. The van der Waals surface area contributed by atoms with Gasteiger partial charge in [-0.25, -0.2) is 0 Å². The maximum absolute atomic E-state index is 11.9. The molecule has 1 fully saturated rings. The Bertz CT molecular complexity index is 402. The molecule has 5 heteroatoms. The van der Waals surface area contributed by atoms with Gasteiger partial charge in [0.25, 0.3) is 0 Å². The van der Waals surface area contributed by atoms with Crippen LogP contribution in [-0.2, 0) is 4.79 Å². The fraction of sp³-hybridized carbons (Fsp3) is 0.500. The van der Waals surface area contributed by atoms with Gasteiger partial charge in [-0.2, -0.15) is 11.8 Å². The molecule has 0 bridgehead atoms. The van der Waals surface area contributed by atoms with Crippen molar-refractivity contribution in [1.82, 2.24) is 5.32 Å². The molecule has 1 aromatic rings. The molecule has 1 atom stereocenters. The number of anilines is 1. The molecule has 1 aromatic carbocycles. The lowest BCUT2D eigenvalue weighted by Gasteiger charge is -2.22. The molecule has 1 aliphatic heterocycles. The zero-order valence-electron chi connectivity index (χ0n) is 11.1. The molecule has 0 spiro atoms. The van der Waals surface area contributed by atoms with Gasteiger partial charge in [0, 0.05) is 36.2 Å². The minimum atomic E-state index is 0.0594. The summed E-state index contributed by atoms with van der Waals surface area (Å²) in [5.41, 5.74) is 0.817. The van der Waals surface area contributed by atoms with Crippen LogP contribution in [0.4, 0.5) is 5.69 Å². The van der Waals surface area contributed by atoms with Crippen molar-refractivity contribution in [2.24, 2.45) is 0 Å². The van der Waals surface area contributed by atoms with Crippen LogP contribution in [-0.4, -0.2) is 36.6 Å². The van der Waals surface area contributed by atoms with Gasteiger partial charge in [-0.15, -0.1) is 0 Å². The summed E-state index contributed by atoms with van der Waals surface area (Å²) in [6, 6.07) is 7.76. The minimum Gasteiger partial charge on any atom is -0.494 e. The zero-order valence-corrected chi connectivity index (χ0v) is 12.0. The molecular formula is C14H20N2O2S. The first kappa shape index (κ1) is 14.2. The Morgan fingerprint density at radius 1 is 1.47 bits per heavy atom. The summed E-state index contributed by atoms with van der Waals surface area (Å²) in [5, 5.41) is 6.27. The van der Waals surface area contributed by atoms with Crippen LogP contribution in [0, 0.1) is 0 Å². The molecule has 1 aliphatic rings. The maximum atomic E-state index is 11.9. The van der Waals surface area contributed by atoms with E-state index in [0.29, 0.717) is 19.1 Å². The zero-order chi connectivity index (χ0) is 13.5.